The van der Waals surface area contributed by atoms with Crippen LogP contribution in [0.3, 0.4) is 0 Å². The molecule has 1 aliphatic rings. The Kier molecular flexibility index (Phi) is 5.31. The first-order chi connectivity index (χ1) is 8.49. The van der Waals surface area contributed by atoms with Gasteiger partial charge in [0.05, 0.1) is 12.1 Å². The topological polar surface area (TPSA) is 105 Å². The van der Waals surface area contributed by atoms with E-state index in [0.29, 0.717) is 12.7 Å². The second-order valence-corrected chi connectivity index (χ2v) is 3.97. The van der Waals surface area contributed by atoms with Crippen molar-refractivity contribution >= 4 is 17.9 Å². The largest absolute Gasteiger partial charge is 0.478 e. The predicted octanol–water partition coefficient (Wildman–Crippen LogP) is 0.0205. The second-order valence-electron chi connectivity index (χ2n) is 3.97. The number of amides is 3. The maximum absolute atomic E-state index is 11.4. The number of aliphatic carboxylic acids is 1. The standard InChI is InChI=1S/C11H16N2O5/c1-7(8-3-2-6-18-8)12-11(17)13-9(14)4-5-10(15)16/h4-5,7-8H,2-3,6H2,1H3,(H,15,16)(H2,12,13,14,17)/b5-4+. The Morgan fingerprint density at radius 3 is 2.67 bits per heavy atom. The molecule has 0 bridgehead atoms. The molecule has 0 aromatic heterocycles. The zero-order valence-electron chi connectivity index (χ0n) is 10.0. The summed E-state index contributed by atoms with van der Waals surface area (Å²) in [5.41, 5.74) is 0. The van der Waals surface area contributed by atoms with E-state index in [0.717, 1.165) is 18.9 Å². The van der Waals surface area contributed by atoms with Gasteiger partial charge in [0.1, 0.15) is 0 Å². The average molecular weight is 256 g/mol. The molecule has 1 heterocycles. The van der Waals surface area contributed by atoms with E-state index in [1.807, 2.05) is 5.32 Å². The van der Waals surface area contributed by atoms with Crippen LogP contribution in [-0.4, -0.2) is 41.8 Å². The summed E-state index contributed by atoms with van der Waals surface area (Å²) in [5, 5.41) is 12.9. The maximum Gasteiger partial charge on any atom is 0.328 e. The maximum atomic E-state index is 11.4. The third kappa shape index (κ3) is 4.96. The lowest BCUT2D eigenvalue weighted by atomic mass is 10.1. The molecule has 1 rings (SSSR count). The van der Waals surface area contributed by atoms with Gasteiger partial charge in [-0.05, 0) is 19.8 Å². The summed E-state index contributed by atoms with van der Waals surface area (Å²) >= 11 is 0. The Labute approximate surface area is 104 Å². The highest BCUT2D eigenvalue weighted by atomic mass is 16.5. The fraction of sp³-hybridized carbons (Fsp3) is 0.545. The van der Waals surface area contributed by atoms with Gasteiger partial charge < -0.3 is 15.2 Å². The zero-order chi connectivity index (χ0) is 13.5. The summed E-state index contributed by atoms with van der Waals surface area (Å²) in [6.45, 7) is 2.46. The molecular formula is C11H16N2O5. The molecule has 0 aromatic rings. The molecule has 0 radical (unpaired) electrons. The van der Waals surface area contributed by atoms with Crippen molar-refractivity contribution in [3.63, 3.8) is 0 Å². The van der Waals surface area contributed by atoms with Crippen LogP contribution in [0.5, 0.6) is 0 Å². The van der Waals surface area contributed by atoms with Gasteiger partial charge in [-0.1, -0.05) is 0 Å². The van der Waals surface area contributed by atoms with Crippen LogP contribution in [0.2, 0.25) is 0 Å². The number of urea groups is 1. The Hall–Kier alpha value is -1.89. The minimum atomic E-state index is -1.25. The molecule has 3 N–H and O–H groups in total. The first-order valence-electron chi connectivity index (χ1n) is 5.63. The highest BCUT2D eigenvalue weighted by molar-refractivity contribution is 6.02. The average Bonchev–Trinajstić information content (AvgIpc) is 2.79. The van der Waals surface area contributed by atoms with Crippen molar-refractivity contribution in [3.8, 4) is 0 Å². The van der Waals surface area contributed by atoms with Crippen molar-refractivity contribution in [3.05, 3.63) is 12.2 Å². The molecule has 0 saturated carbocycles. The number of carboxylic acid groups (broad SMARTS) is 1. The Balaban J connectivity index is 2.32. The van der Waals surface area contributed by atoms with E-state index in [4.69, 9.17) is 9.84 Å². The predicted molar refractivity (Wildman–Crippen MR) is 61.9 cm³/mol. The van der Waals surface area contributed by atoms with Crippen LogP contribution in [0.1, 0.15) is 19.8 Å². The Morgan fingerprint density at radius 1 is 1.39 bits per heavy atom. The van der Waals surface area contributed by atoms with Gasteiger partial charge in [-0.2, -0.15) is 0 Å². The van der Waals surface area contributed by atoms with Gasteiger partial charge in [-0.25, -0.2) is 9.59 Å². The first-order valence-corrected chi connectivity index (χ1v) is 5.63. The lowest BCUT2D eigenvalue weighted by molar-refractivity contribution is -0.131. The Morgan fingerprint density at radius 2 is 2.11 bits per heavy atom. The van der Waals surface area contributed by atoms with Crippen molar-refractivity contribution in [2.24, 2.45) is 0 Å². The lowest BCUT2D eigenvalue weighted by Crippen LogP contribution is -2.47. The number of hydrogen-bond donors (Lipinski definition) is 3. The van der Waals surface area contributed by atoms with Gasteiger partial charge in [0, 0.05) is 18.8 Å². The van der Waals surface area contributed by atoms with Gasteiger partial charge in [0.25, 0.3) is 5.91 Å². The quantitative estimate of drug-likeness (QED) is 0.615. The van der Waals surface area contributed by atoms with Crippen LogP contribution >= 0.6 is 0 Å². The summed E-state index contributed by atoms with van der Waals surface area (Å²) in [7, 11) is 0. The van der Waals surface area contributed by atoms with Gasteiger partial charge >= 0.3 is 12.0 Å². The normalized spacial score (nSPS) is 20.6. The summed E-state index contributed by atoms with van der Waals surface area (Å²) < 4.78 is 5.38. The van der Waals surface area contributed by atoms with E-state index >= 15 is 0 Å². The first kappa shape index (κ1) is 14.2. The van der Waals surface area contributed by atoms with E-state index in [9.17, 15) is 14.4 Å². The number of nitrogens with one attached hydrogen (secondary N) is 2. The van der Waals surface area contributed by atoms with E-state index < -0.39 is 17.9 Å². The molecule has 7 heteroatoms. The summed E-state index contributed by atoms with van der Waals surface area (Å²) in [5.74, 6) is -2.03. The van der Waals surface area contributed by atoms with Crippen LogP contribution in [0.15, 0.2) is 12.2 Å². The number of rotatable bonds is 4. The molecule has 3 amide bonds. The van der Waals surface area contributed by atoms with Crippen molar-refractivity contribution < 1.29 is 24.2 Å². The molecule has 0 aromatic carbocycles. The molecule has 2 atom stereocenters. The second kappa shape index (κ2) is 6.75. The number of carboxylic acids is 1. The number of carbonyl (C=O) groups excluding carboxylic acids is 2. The number of carbonyl (C=O) groups is 3. The van der Waals surface area contributed by atoms with Crippen molar-refractivity contribution in [1.29, 1.82) is 0 Å². The summed E-state index contributed by atoms with van der Waals surface area (Å²) in [6.07, 6.45) is 3.22. The minimum Gasteiger partial charge on any atom is -0.478 e. The summed E-state index contributed by atoms with van der Waals surface area (Å²) in [6, 6.07) is -0.873. The monoisotopic (exact) mass is 256 g/mol. The zero-order valence-corrected chi connectivity index (χ0v) is 10.0. The van der Waals surface area contributed by atoms with Crippen LogP contribution in [-0.2, 0) is 14.3 Å². The van der Waals surface area contributed by atoms with Crippen molar-refractivity contribution in [2.75, 3.05) is 6.61 Å². The molecule has 1 fully saturated rings. The molecule has 100 valence electrons. The molecule has 0 aliphatic carbocycles. The number of hydrogen-bond acceptors (Lipinski definition) is 4. The van der Waals surface area contributed by atoms with E-state index in [2.05, 4.69) is 5.32 Å². The molecule has 1 aliphatic heterocycles. The van der Waals surface area contributed by atoms with Crippen molar-refractivity contribution in [2.45, 2.75) is 31.9 Å². The molecule has 1 saturated heterocycles. The number of imide groups is 1. The molecule has 0 spiro atoms. The summed E-state index contributed by atoms with van der Waals surface area (Å²) in [4.78, 5) is 32.7. The fourth-order valence-electron chi connectivity index (χ4n) is 1.63. The van der Waals surface area contributed by atoms with Crippen LogP contribution in [0.25, 0.3) is 0 Å². The minimum absolute atomic E-state index is 0.0413. The van der Waals surface area contributed by atoms with Crippen LogP contribution in [0.4, 0.5) is 4.79 Å². The smallest absolute Gasteiger partial charge is 0.328 e. The van der Waals surface area contributed by atoms with Gasteiger partial charge in [0.15, 0.2) is 0 Å². The van der Waals surface area contributed by atoms with E-state index in [1.165, 1.54) is 0 Å². The SMILES string of the molecule is CC(NC(=O)NC(=O)/C=C/C(=O)O)C1CCCO1. The van der Waals surface area contributed by atoms with E-state index in [1.54, 1.807) is 6.92 Å². The van der Waals surface area contributed by atoms with E-state index in [-0.39, 0.29) is 12.1 Å². The highest BCUT2D eigenvalue weighted by Gasteiger charge is 2.23. The lowest BCUT2D eigenvalue weighted by Gasteiger charge is -2.19. The number of ether oxygens (including phenoxy) is 1. The van der Waals surface area contributed by atoms with Crippen molar-refractivity contribution in [1.82, 2.24) is 10.6 Å². The van der Waals surface area contributed by atoms with Gasteiger partial charge in [0.2, 0.25) is 0 Å². The molecule has 2 unspecified atom stereocenters. The highest BCUT2D eigenvalue weighted by Crippen LogP contribution is 2.15. The fourth-order valence-corrected chi connectivity index (χ4v) is 1.63. The third-order valence-corrected chi connectivity index (χ3v) is 2.50. The van der Waals surface area contributed by atoms with Gasteiger partial charge in [-0.15, -0.1) is 0 Å². The van der Waals surface area contributed by atoms with Crippen LogP contribution in [0, 0.1) is 0 Å². The van der Waals surface area contributed by atoms with Crippen LogP contribution < -0.4 is 10.6 Å². The Bertz CT molecular complexity index is 360. The molecular weight excluding hydrogens is 240 g/mol. The molecule has 7 nitrogen and oxygen atoms in total. The molecule has 18 heavy (non-hydrogen) atoms. The van der Waals surface area contributed by atoms with Gasteiger partial charge in [-0.3, -0.25) is 10.1 Å². The third-order valence-electron chi connectivity index (χ3n) is 2.50.